The second-order valence-electron chi connectivity index (χ2n) is 7.84. The number of hydrogen-bond donors (Lipinski definition) is 2. The van der Waals surface area contributed by atoms with Crippen LogP contribution in [0.1, 0.15) is 22.8 Å². The molecule has 2 N–H and O–H groups in total. The second kappa shape index (κ2) is 12.3. The molecule has 13 heteroatoms. The summed E-state index contributed by atoms with van der Waals surface area (Å²) in [4.78, 5) is 37.9. The zero-order valence-corrected chi connectivity index (χ0v) is 22.6. The van der Waals surface area contributed by atoms with Crippen molar-refractivity contribution in [3.63, 3.8) is 0 Å². The number of nitrogens with one attached hydrogen (secondary N) is 2. The van der Waals surface area contributed by atoms with Gasteiger partial charge in [-0.05, 0) is 36.8 Å². The first-order chi connectivity index (χ1) is 17.1. The summed E-state index contributed by atoms with van der Waals surface area (Å²) >= 11 is 13.5. The van der Waals surface area contributed by atoms with Crippen LogP contribution < -0.4 is 10.6 Å². The summed E-state index contributed by atoms with van der Waals surface area (Å²) in [5, 5.41) is 5.79. The molecule has 2 atom stereocenters. The Morgan fingerprint density at radius 1 is 1.14 bits per heavy atom. The van der Waals surface area contributed by atoms with E-state index in [0.29, 0.717) is 17.0 Å². The van der Waals surface area contributed by atoms with Crippen molar-refractivity contribution in [2.45, 2.75) is 25.4 Å². The van der Waals surface area contributed by atoms with Crippen molar-refractivity contribution in [2.24, 2.45) is 0 Å². The van der Waals surface area contributed by atoms with Crippen LogP contribution >= 0.6 is 35.0 Å². The number of carbonyl (C=O) groups excluding carboxylic acids is 3. The number of sulfonamides is 1. The average molecular weight is 575 g/mol. The lowest BCUT2D eigenvalue weighted by Gasteiger charge is -2.24. The van der Waals surface area contributed by atoms with Crippen LogP contribution in [0, 0.1) is 0 Å². The molecule has 1 fully saturated rings. The van der Waals surface area contributed by atoms with Crippen LogP contribution in [0.5, 0.6) is 0 Å². The highest BCUT2D eigenvalue weighted by Crippen LogP contribution is 2.26. The van der Waals surface area contributed by atoms with Gasteiger partial charge in [0.25, 0.3) is 5.91 Å². The minimum Gasteiger partial charge on any atom is -0.467 e. The number of esters is 1. The van der Waals surface area contributed by atoms with E-state index >= 15 is 0 Å². The van der Waals surface area contributed by atoms with Crippen molar-refractivity contribution >= 4 is 68.5 Å². The lowest BCUT2D eigenvalue weighted by Crippen LogP contribution is -2.52. The Bertz CT molecular complexity index is 1220. The minimum absolute atomic E-state index is 0.101. The summed E-state index contributed by atoms with van der Waals surface area (Å²) in [5.74, 6) is -1.34. The summed E-state index contributed by atoms with van der Waals surface area (Å²) in [6, 6.07) is 9.48. The summed E-state index contributed by atoms with van der Waals surface area (Å²) in [6.07, 6.45) is 0.101. The van der Waals surface area contributed by atoms with Crippen molar-refractivity contribution in [3.8, 4) is 0 Å². The molecule has 0 radical (unpaired) electrons. The van der Waals surface area contributed by atoms with E-state index in [2.05, 4.69) is 10.6 Å². The number of benzene rings is 2. The van der Waals surface area contributed by atoms with Crippen molar-refractivity contribution < 1.29 is 27.5 Å². The third-order valence-electron chi connectivity index (χ3n) is 5.51. The molecule has 1 heterocycles. The van der Waals surface area contributed by atoms with E-state index in [-0.39, 0.29) is 33.7 Å². The van der Waals surface area contributed by atoms with Gasteiger partial charge in [-0.2, -0.15) is 4.31 Å². The van der Waals surface area contributed by atoms with Crippen molar-refractivity contribution in [1.29, 1.82) is 0 Å². The molecule has 36 heavy (non-hydrogen) atoms. The van der Waals surface area contributed by atoms with Gasteiger partial charge in [-0.1, -0.05) is 41.4 Å². The van der Waals surface area contributed by atoms with Crippen LogP contribution in [0.15, 0.2) is 42.5 Å². The number of methoxy groups -OCH3 is 1. The molecule has 0 aliphatic carbocycles. The number of anilines is 1. The molecule has 0 bridgehead atoms. The summed E-state index contributed by atoms with van der Waals surface area (Å²) < 4.78 is 30.6. The first kappa shape index (κ1) is 28.3. The number of nitrogens with zero attached hydrogens (tertiary/aromatic N) is 1. The van der Waals surface area contributed by atoms with E-state index in [1.54, 1.807) is 42.5 Å². The molecule has 2 aromatic rings. The maximum Gasteiger partial charge on any atom is 0.328 e. The normalized spacial score (nSPS) is 16.8. The Morgan fingerprint density at radius 2 is 1.78 bits per heavy atom. The Labute approximate surface area is 223 Å². The predicted octanol–water partition coefficient (Wildman–Crippen LogP) is 3.17. The molecule has 0 aromatic heterocycles. The number of hydrogen-bond acceptors (Lipinski definition) is 7. The van der Waals surface area contributed by atoms with E-state index in [1.807, 2.05) is 0 Å². The Balaban J connectivity index is 1.69. The highest BCUT2D eigenvalue weighted by atomic mass is 35.5. The maximum absolute atomic E-state index is 12.9. The lowest BCUT2D eigenvalue weighted by molar-refractivity contribution is -0.145. The molecule has 9 nitrogen and oxygen atoms in total. The molecule has 1 unspecified atom stereocenters. The molecule has 1 saturated heterocycles. The first-order valence-corrected chi connectivity index (χ1v) is 14.4. The quantitative estimate of drug-likeness (QED) is 0.442. The molecule has 2 aromatic carbocycles. The highest BCUT2D eigenvalue weighted by Gasteiger charge is 2.39. The van der Waals surface area contributed by atoms with Crippen LogP contribution in [0.3, 0.4) is 0 Å². The third kappa shape index (κ3) is 6.71. The van der Waals surface area contributed by atoms with Gasteiger partial charge in [0.2, 0.25) is 15.9 Å². The van der Waals surface area contributed by atoms with Crippen LogP contribution in [-0.2, 0) is 30.8 Å². The van der Waals surface area contributed by atoms with E-state index in [4.69, 9.17) is 27.9 Å². The number of ether oxygens (including phenoxy) is 1. The van der Waals surface area contributed by atoms with Crippen molar-refractivity contribution in [2.75, 3.05) is 29.8 Å². The Morgan fingerprint density at radius 3 is 2.36 bits per heavy atom. The van der Waals surface area contributed by atoms with Gasteiger partial charge >= 0.3 is 5.97 Å². The van der Waals surface area contributed by atoms with Gasteiger partial charge in [-0.25, -0.2) is 13.2 Å². The third-order valence-corrected chi connectivity index (χ3v) is 9.14. The van der Waals surface area contributed by atoms with E-state index in [0.717, 1.165) is 4.31 Å². The van der Waals surface area contributed by atoms with Crippen LogP contribution in [-0.4, -0.2) is 67.1 Å². The van der Waals surface area contributed by atoms with Gasteiger partial charge in [0.15, 0.2) is 0 Å². The standard InChI is InChI=1S/C23H25Cl2N3O6S2/c1-3-36(32,33)28-13-35-12-19(28)21(29)27-18(23(31)34-2)11-14-7-9-15(10-8-14)26-22(30)20-16(24)5-4-6-17(20)25/h4-10,18-19H,3,11-13H2,1-2H3,(H,26,30)(H,27,29)/t18-,19?/m0/s1. The van der Waals surface area contributed by atoms with Gasteiger partial charge in [0, 0.05) is 17.9 Å². The number of amides is 2. The predicted molar refractivity (Wildman–Crippen MR) is 141 cm³/mol. The van der Waals surface area contributed by atoms with Crippen LogP contribution in [0.25, 0.3) is 0 Å². The zero-order chi connectivity index (χ0) is 26.5. The zero-order valence-electron chi connectivity index (χ0n) is 19.5. The van der Waals surface area contributed by atoms with E-state index in [9.17, 15) is 22.8 Å². The number of carbonyl (C=O) groups is 3. The van der Waals surface area contributed by atoms with Crippen molar-refractivity contribution in [1.82, 2.24) is 9.62 Å². The molecule has 1 aliphatic heterocycles. The number of rotatable bonds is 9. The molecule has 0 spiro atoms. The SMILES string of the molecule is CCS(=O)(=O)N1CSCC1C(=O)N[C@@H](Cc1ccc(NC(=O)c2c(Cl)cccc2Cl)cc1)C(=O)OC. The molecule has 194 valence electrons. The number of thioether (sulfide) groups is 1. The Kier molecular flexibility index (Phi) is 9.65. The highest BCUT2D eigenvalue weighted by molar-refractivity contribution is 8.00. The molecular formula is C23H25Cl2N3O6S2. The summed E-state index contributed by atoms with van der Waals surface area (Å²) in [5.41, 5.74) is 1.31. The Hall–Kier alpha value is -2.31. The minimum atomic E-state index is -3.57. The fourth-order valence-corrected chi connectivity index (χ4v) is 6.98. The second-order valence-corrected chi connectivity index (χ2v) is 11.9. The monoisotopic (exact) mass is 573 g/mol. The number of halogens is 2. The maximum atomic E-state index is 12.9. The van der Waals surface area contributed by atoms with E-state index in [1.165, 1.54) is 25.8 Å². The van der Waals surface area contributed by atoms with Gasteiger partial charge in [-0.15, -0.1) is 11.8 Å². The van der Waals surface area contributed by atoms with Crippen LogP contribution in [0.2, 0.25) is 10.0 Å². The molecule has 3 rings (SSSR count). The van der Waals surface area contributed by atoms with E-state index < -0.39 is 39.9 Å². The average Bonchev–Trinajstić information content (AvgIpc) is 3.35. The smallest absolute Gasteiger partial charge is 0.328 e. The topological polar surface area (TPSA) is 122 Å². The largest absolute Gasteiger partial charge is 0.467 e. The fourth-order valence-electron chi connectivity index (χ4n) is 3.55. The van der Waals surface area contributed by atoms with Gasteiger partial charge in [0.1, 0.15) is 12.1 Å². The van der Waals surface area contributed by atoms with Gasteiger partial charge < -0.3 is 15.4 Å². The van der Waals surface area contributed by atoms with Gasteiger partial charge in [-0.3, -0.25) is 9.59 Å². The fraction of sp³-hybridized carbons (Fsp3) is 0.348. The van der Waals surface area contributed by atoms with Crippen molar-refractivity contribution in [3.05, 3.63) is 63.6 Å². The summed E-state index contributed by atoms with van der Waals surface area (Å²) in [6.45, 7) is 1.51. The summed E-state index contributed by atoms with van der Waals surface area (Å²) in [7, 11) is -2.36. The first-order valence-electron chi connectivity index (χ1n) is 10.9. The lowest BCUT2D eigenvalue weighted by atomic mass is 10.0. The van der Waals surface area contributed by atoms with Gasteiger partial charge in [0.05, 0.1) is 34.3 Å². The molecule has 1 aliphatic rings. The molecular weight excluding hydrogens is 549 g/mol. The van der Waals surface area contributed by atoms with Crippen LogP contribution in [0.4, 0.5) is 5.69 Å². The molecule has 2 amide bonds. The molecule has 0 saturated carbocycles.